The highest BCUT2D eigenvalue weighted by atomic mass is 16.5. The molecule has 1 fully saturated rings. The Kier molecular flexibility index (Phi) is 4.65. The monoisotopic (exact) mass is 277 g/mol. The molecule has 0 aromatic heterocycles. The lowest BCUT2D eigenvalue weighted by Crippen LogP contribution is -2.48. The highest BCUT2D eigenvalue weighted by molar-refractivity contribution is 5.94. The second-order valence-corrected chi connectivity index (χ2v) is 5.66. The molecule has 20 heavy (non-hydrogen) atoms. The molecule has 0 N–H and O–H groups in total. The lowest BCUT2D eigenvalue weighted by Gasteiger charge is -2.35. The van der Waals surface area contributed by atoms with Crippen molar-refractivity contribution < 1.29 is 14.3 Å². The van der Waals surface area contributed by atoms with Gasteiger partial charge >= 0.3 is 0 Å². The van der Waals surface area contributed by atoms with Crippen LogP contribution < -0.4 is 4.74 Å². The van der Waals surface area contributed by atoms with E-state index in [0.29, 0.717) is 18.7 Å². The number of carbonyl (C=O) groups is 1. The molecule has 0 spiro atoms. The fourth-order valence-electron chi connectivity index (χ4n) is 2.47. The molecule has 0 bridgehead atoms. The van der Waals surface area contributed by atoms with Gasteiger partial charge in [0, 0.05) is 18.7 Å². The first kappa shape index (κ1) is 14.9. The average molecular weight is 277 g/mol. The molecule has 4 heteroatoms. The quantitative estimate of drug-likeness (QED) is 0.852. The third-order valence-electron chi connectivity index (χ3n) is 3.18. The number of hydrogen-bond donors (Lipinski definition) is 0. The molecule has 1 aromatic carbocycles. The van der Waals surface area contributed by atoms with Crippen LogP contribution in [0, 0.1) is 0 Å². The standard InChI is InChI=1S/C16H23NO3/c1-11(2)19-15-7-5-14(6-8-15)16(18)17-9-12(3)20-13(4)10-17/h5-8,11-13H,9-10H2,1-4H3/t12-,13-/m0/s1. The third-order valence-corrected chi connectivity index (χ3v) is 3.18. The van der Waals surface area contributed by atoms with Crippen molar-refractivity contribution >= 4 is 5.91 Å². The summed E-state index contributed by atoms with van der Waals surface area (Å²) < 4.78 is 11.2. The van der Waals surface area contributed by atoms with Crippen LogP contribution in [0.3, 0.4) is 0 Å². The number of amides is 1. The van der Waals surface area contributed by atoms with Gasteiger partial charge in [-0.05, 0) is 52.0 Å². The summed E-state index contributed by atoms with van der Waals surface area (Å²) in [5.41, 5.74) is 0.697. The zero-order valence-corrected chi connectivity index (χ0v) is 12.6. The Labute approximate surface area is 120 Å². The molecule has 1 aliphatic rings. The molecule has 1 saturated heterocycles. The van der Waals surface area contributed by atoms with Crippen LogP contribution in [0.25, 0.3) is 0 Å². The first-order chi connectivity index (χ1) is 9.45. The molecular weight excluding hydrogens is 254 g/mol. The molecular formula is C16H23NO3. The SMILES string of the molecule is CC(C)Oc1ccc(C(=O)N2C[C@H](C)O[C@@H](C)C2)cc1. The van der Waals surface area contributed by atoms with E-state index >= 15 is 0 Å². The molecule has 4 nitrogen and oxygen atoms in total. The van der Waals surface area contributed by atoms with Crippen LogP contribution in [-0.4, -0.2) is 42.2 Å². The fraction of sp³-hybridized carbons (Fsp3) is 0.562. The van der Waals surface area contributed by atoms with Crippen LogP contribution in [0.5, 0.6) is 5.75 Å². The number of nitrogens with zero attached hydrogens (tertiary/aromatic N) is 1. The van der Waals surface area contributed by atoms with E-state index in [2.05, 4.69) is 0 Å². The summed E-state index contributed by atoms with van der Waals surface area (Å²) in [5.74, 6) is 0.850. The van der Waals surface area contributed by atoms with Gasteiger partial charge in [0.15, 0.2) is 0 Å². The van der Waals surface area contributed by atoms with E-state index in [4.69, 9.17) is 9.47 Å². The van der Waals surface area contributed by atoms with Crippen molar-refractivity contribution in [3.63, 3.8) is 0 Å². The second kappa shape index (κ2) is 6.27. The van der Waals surface area contributed by atoms with Gasteiger partial charge in [0.05, 0.1) is 18.3 Å². The molecule has 0 unspecified atom stereocenters. The minimum Gasteiger partial charge on any atom is -0.491 e. The zero-order chi connectivity index (χ0) is 14.7. The zero-order valence-electron chi connectivity index (χ0n) is 12.6. The number of ether oxygens (including phenoxy) is 2. The molecule has 1 aliphatic heterocycles. The number of benzene rings is 1. The van der Waals surface area contributed by atoms with Gasteiger partial charge in [-0.25, -0.2) is 0 Å². The smallest absolute Gasteiger partial charge is 0.254 e. The van der Waals surface area contributed by atoms with Crippen molar-refractivity contribution in [2.45, 2.75) is 46.0 Å². The van der Waals surface area contributed by atoms with Crippen LogP contribution >= 0.6 is 0 Å². The predicted octanol–water partition coefficient (Wildman–Crippen LogP) is 2.72. The largest absolute Gasteiger partial charge is 0.491 e. The van der Waals surface area contributed by atoms with Gasteiger partial charge in [-0.1, -0.05) is 0 Å². The maximum atomic E-state index is 12.5. The van der Waals surface area contributed by atoms with E-state index in [9.17, 15) is 4.79 Å². The second-order valence-electron chi connectivity index (χ2n) is 5.66. The normalized spacial score (nSPS) is 22.9. The number of carbonyl (C=O) groups excluding carboxylic acids is 1. The van der Waals surface area contributed by atoms with E-state index in [1.165, 1.54) is 0 Å². The lowest BCUT2D eigenvalue weighted by atomic mass is 10.1. The molecule has 0 saturated carbocycles. The Morgan fingerprint density at radius 1 is 1.20 bits per heavy atom. The number of morpholine rings is 1. The third kappa shape index (κ3) is 3.73. The molecule has 1 heterocycles. The van der Waals surface area contributed by atoms with Crippen LogP contribution in [0.15, 0.2) is 24.3 Å². The number of rotatable bonds is 3. The summed E-state index contributed by atoms with van der Waals surface area (Å²) in [4.78, 5) is 14.3. The van der Waals surface area contributed by atoms with Gasteiger partial charge in [-0.3, -0.25) is 4.79 Å². The van der Waals surface area contributed by atoms with Crippen molar-refractivity contribution in [2.75, 3.05) is 13.1 Å². The first-order valence-corrected chi connectivity index (χ1v) is 7.17. The highest BCUT2D eigenvalue weighted by Crippen LogP contribution is 2.18. The van der Waals surface area contributed by atoms with E-state index < -0.39 is 0 Å². The molecule has 110 valence electrons. The molecule has 0 aliphatic carbocycles. The van der Waals surface area contributed by atoms with E-state index in [0.717, 1.165) is 5.75 Å². The highest BCUT2D eigenvalue weighted by Gasteiger charge is 2.26. The summed E-state index contributed by atoms with van der Waals surface area (Å²) in [5, 5.41) is 0. The topological polar surface area (TPSA) is 38.8 Å². The van der Waals surface area contributed by atoms with Gasteiger partial charge < -0.3 is 14.4 Å². The Morgan fingerprint density at radius 2 is 1.75 bits per heavy atom. The summed E-state index contributed by atoms with van der Waals surface area (Å²) in [7, 11) is 0. The fourth-order valence-corrected chi connectivity index (χ4v) is 2.47. The van der Waals surface area contributed by atoms with Crippen LogP contribution in [-0.2, 0) is 4.74 Å². The maximum Gasteiger partial charge on any atom is 0.254 e. The van der Waals surface area contributed by atoms with Crippen molar-refractivity contribution in [2.24, 2.45) is 0 Å². The average Bonchev–Trinajstić information content (AvgIpc) is 2.37. The molecule has 0 radical (unpaired) electrons. The summed E-state index contributed by atoms with van der Waals surface area (Å²) in [6.45, 7) is 9.25. The Bertz CT molecular complexity index is 445. The van der Waals surface area contributed by atoms with E-state index in [-0.39, 0.29) is 24.2 Å². The summed E-state index contributed by atoms with van der Waals surface area (Å²) in [6.07, 6.45) is 0.315. The molecule has 1 aromatic rings. The number of hydrogen-bond acceptors (Lipinski definition) is 3. The molecule has 2 atom stereocenters. The first-order valence-electron chi connectivity index (χ1n) is 7.17. The van der Waals surface area contributed by atoms with Crippen LogP contribution in [0.4, 0.5) is 0 Å². The Morgan fingerprint density at radius 3 is 2.25 bits per heavy atom. The van der Waals surface area contributed by atoms with Gasteiger partial charge in [0.1, 0.15) is 5.75 Å². The van der Waals surface area contributed by atoms with Gasteiger partial charge in [-0.2, -0.15) is 0 Å². The van der Waals surface area contributed by atoms with Crippen molar-refractivity contribution in [3.8, 4) is 5.75 Å². The van der Waals surface area contributed by atoms with E-state index in [1.807, 2.05) is 56.9 Å². The summed E-state index contributed by atoms with van der Waals surface area (Å²) >= 11 is 0. The van der Waals surface area contributed by atoms with Crippen LogP contribution in [0.1, 0.15) is 38.1 Å². The van der Waals surface area contributed by atoms with Gasteiger partial charge in [-0.15, -0.1) is 0 Å². The minimum absolute atomic E-state index is 0.0584. The van der Waals surface area contributed by atoms with Gasteiger partial charge in [0.2, 0.25) is 0 Å². The molecule has 2 rings (SSSR count). The van der Waals surface area contributed by atoms with Crippen molar-refractivity contribution in [1.29, 1.82) is 0 Å². The summed E-state index contributed by atoms with van der Waals surface area (Å²) in [6, 6.07) is 7.34. The lowest BCUT2D eigenvalue weighted by molar-refractivity contribution is -0.0586. The van der Waals surface area contributed by atoms with Crippen molar-refractivity contribution in [1.82, 2.24) is 4.90 Å². The van der Waals surface area contributed by atoms with Crippen LogP contribution in [0.2, 0.25) is 0 Å². The van der Waals surface area contributed by atoms with Crippen molar-refractivity contribution in [3.05, 3.63) is 29.8 Å². The Hall–Kier alpha value is -1.55. The maximum absolute atomic E-state index is 12.5. The molecule has 1 amide bonds. The van der Waals surface area contributed by atoms with E-state index in [1.54, 1.807) is 0 Å². The minimum atomic E-state index is 0.0584. The van der Waals surface area contributed by atoms with Gasteiger partial charge in [0.25, 0.3) is 5.91 Å². The predicted molar refractivity (Wildman–Crippen MR) is 78.1 cm³/mol. The Balaban J connectivity index is 2.05.